The summed E-state index contributed by atoms with van der Waals surface area (Å²) in [5.41, 5.74) is 7.97. The molecule has 1 aliphatic carbocycles. The summed E-state index contributed by atoms with van der Waals surface area (Å²) in [5, 5.41) is 2.86. The Morgan fingerprint density at radius 2 is 2.00 bits per heavy atom. The third-order valence-corrected chi connectivity index (χ3v) is 4.63. The Balaban J connectivity index is 1.94. The zero-order chi connectivity index (χ0) is 16.8. The molecule has 0 aliphatic heterocycles. The number of nitrogens with one attached hydrogen (secondary N) is 1. The molecule has 1 saturated carbocycles. The molecular weight excluding hydrogens is 292 g/mol. The number of rotatable bonds is 6. The maximum Gasteiger partial charge on any atom is 0.314 e. The second kappa shape index (κ2) is 8.11. The molecule has 1 aromatic rings. The molecule has 0 heterocycles. The molecule has 0 spiro atoms. The van der Waals surface area contributed by atoms with E-state index in [1.54, 1.807) is 0 Å². The SMILES string of the molecule is COC(=O)C(CNC(=O)C[C@@H]1CCC[C@H]1N)c1ccc(C)cc1. The number of nitrogens with two attached hydrogens (primary N) is 1. The molecule has 0 bridgehead atoms. The fourth-order valence-electron chi connectivity index (χ4n) is 3.12. The monoisotopic (exact) mass is 318 g/mol. The smallest absolute Gasteiger partial charge is 0.314 e. The Hall–Kier alpha value is -1.88. The average molecular weight is 318 g/mol. The Labute approximate surface area is 137 Å². The maximum atomic E-state index is 12.1. The molecule has 1 fully saturated rings. The normalized spacial score (nSPS) is 21.7. The highest BCUT2D eigenvalue weighted by Crippen LogP contribution is 2.26. The number of aryl methyl sites for hydroxylation is 1. The van der Waals surface area contributed by atoms with Gasteiger partial charge in [-0.1, -0.05) is 36.2 Å². The summed E-state index contributed by atoms with van der Waals surface area (Å²) >= 11 is 0. The Kier molecular flexibility index (Phi) is 6.16. The number of benzene rings is 1. The molecule has 126 valence electrons. The van der Waals surface area contributed by atoms with E-state index in [0.717, 1.165) is 30.4 Å². The second-order valence-electron chi connectivity index (χ2n) is 6.35. The van der Waals surface area contributed by atoms with Crippen LogP contribution in [0.3, 0.4) is 0 Å². The van der Waals surface area contributed by atoms with Crippen LogP contribution in [0.5, 0.6) is 0 Å². The molecule has 2 rings (SSSR count). The van der Waals surface area contributed by atoms with Gasteiger partial charge < -0.3 is 15.8 Å². The highest BCUT2D eigenvalue weighted by Gasteiger charge is 2.27. The van der Waals surface area contributed by atoms with Gasteiger partial charge in [-0.05, 0) is 31.2 Å². The number of hydrogen-bond acceptors (Lipinski definition) is 4. The van der Waals surface area contributed by atoms with Crippen molar-refractivity contribution >= 4 is 11.9 Å². The number of carbonyl (C=O) groups is 2. The second-order valence-corrected chi connectivity index (χ2v) is 6.35. The molecule has 0 saturated heterocycles. The minimum Gasteiger partial charge on any atom is -0.468 e. The molecule has 3 N–H and O–H groups in total. The van der Waals surface area contributed by atoms with Crippen molar-refractivity contribution in [2.75, 3.05) is 13.7 Å². The first-order valence-corrected chi connectivity index (χ1v) is 8.18. The maximum absolute atomic E-state index is 12.1. The summed E-state index contributed by atoms with van der Waals surface area (Å²) in [7, 11) is 1.36. The van der Waals surface area contributed by atoms with Gasteiger partial charge in [0.25, 0.3) is 0 Å². The predicted octanol–water partition coefficient (Wildman–Crippen LogP) is 1.89. The molecule has 1 aliphatic rings. The van der Waals surface area contributed by atoms with Crippen LogP contribution in [0.4, 0.5) is 0 Å². The van der Waals surface area contributed by atoms with Crippen molar-refractivity contribution < 1.29 is 14.3 Å². The minimum absolute atomic E-state index is 0.0478. The molecule has 3 atom stereocenters. The Morgan fingerprint density at radius 3 is 2.57 bits per heavy atom. The van der Waals surface area contributed by atoms with E-state index in [0.29, 0.717) is 6.42 Å². The summed E-state index contributed by atoms with van der Waals surface area (Å²) in [5.74, 6) is -0.618. The first-order chi connectivity index (χ1) is 11.0. The van der Waals surface area contributed by atoms with E-state index in [-0.39, 0.29) is 30.4 Å². The zero-order valence-electron chi connectivity index (χ0n) is 13.9. The lowest BCUT2D eigenvalue weighted by Gasteiger charge is -2.18. The van der Waals surface area contributed by atoms with Gasteiger partial charge in [-0.25, -0.2) is 0 Å². The van der Waals surface area contributed by atoms with Gasteiger partial charge in [-0.15, -0.1) is 0 Å². The van der Waals surface area contributed by atoms with Crippen molar-refractivity contribution in [3.8, 4) is 0 Å². The number of amides is 1. The zero-order valence-corrected chi connectivity index (χ0v) is 13.9. The first-order valence-electron chi connectivity index (χ1n) is 8.18. The van der Waals surface area contributed by atoms with Crippen molar-refractivity contribution in [1.82, 2.24) is 5.32 Å². The topological polar surface area (TPSA) is 81.4 Å². The van der Waals surface area contributed by atoms with Gasteiger partial charge in [-0.2, -0.15) is 0 Å². The van der Waals surface area contributed by atoms with Gasteiger partial charge in [-0.3, -0.25) is 9.59 Å². The molecule has 0 radical (unpaired) electrons. The van der Waals surface area contributed by atoms with Gasteiger partial charge in [0, 0.05) is 19.0 Å². The van der Waals surface area contributed by atoms with Crippen molar-refractivity contribution in [1.29, 1.82) is 0 Å². The molecule has 1 aromatic carbocycles. The van der Waals surface area contributed by atoms with Gasteiger partial charge in [0.05, 0.1) is 13.0 Å². The number of methoxy groups -OCH3 is 1. The van der Waals surface area contributed by atoms with Crippen LogP contribution in [0.25, 0.3) is 0 Å². The van der Waals surface area contributed by atoms with Gasteiger partial charge in [0.2, 0.25) is 5.91 Å². The Morgan fingerprint density at radius 1 is 1.30 bits per heavy atom. The fraction of sp³-hybridized carbons (Fsp3) is 0.556. The molecule has 1 unspecified atom stereocenters. The highest BCUT2D eigenvalue weighted by molar-refractivity contribution is 5.81. The van der Waals surface area contributed by atoms with Gasteiger partial charge >= 0.3 is 5.97 Å². The summed E-state index contributed by atoms with van der Waals surface area (Å²) in [6.45, 7) is 2.24. The van der Waals surface area contributed by atoms with E-state index in [9.17, 15) is 9.59 Å². The highest BCUT2D eigenvalue weighted by atomic mass is 16.5. The molecule has 5 heteroatoms. The predicted molar refractivity (Wildman–Crippen MR) is 88.9 cm³/mol. The first kappa shape index (κ1) is 17.5. The number of ether oxygens (including phenoxy) is 1. The van der Waals surface area contributed by atoms with Crippen LogP contribution in [-0.4, -0.2) is 31.6 Å². The van der Waals surface area contributed by atoms with Crippen LogP contribution in [0.2, 0.25) is 0 Å². The van der Waals surface area contributed by atoms with E-state index < -0.39 is 5.92 Å². The van der Waals surface area contributed by atoms with Crippen LogP contribution < -0.4 is 11.1 Å². The van der Waals surface area contributed by atoms with Crippen LogP contribution >= 0.6 is 0 Å². The summed E-state index contributed by atoms with van der Waals surface area (Å²) < 4.78 is 4.87. The quantitative estimate of drug-likeness (QED) is 0.785. The minimum atomic E-state index is -0.484. The van der Waals surface area contributed by atoms with E-state index in [2.05, 4.69) is 5.32 Å². The lowest BCUT2D eigenvalue weighted by atomic mass is 9.97. The van der Waals surface area contributed by atoms with Crippen molar-refractivity contribution in [2.24, 2.45) is 11.7 Å². The molecule has 5 nitrogen and oxygen atoms in total. The standard InChI is InChI=1S/C18H26N2O3/c1-12-6-8-13(9-7-12)15(18(22)23-2)11-20-17(21)10-14-4-3-5-16(14)19/h6-9,14-16H,3-5,10-11,19H2,1-2H3,(H,20,21)/t14-,15?,16+/m0/s1. The van der Waals surface area contributed by atoms with Crippen molar-refractivity contribution in [3.63, 3.8) is 0 Å². The van der Waals surface area contributed by atoms with Crippen molar-refractivity contribution in [3.05, 3.63) is 35.4 Å². The van der Waals surface area contributed by atoms with Crippen LogP contribution in [0.15, 0.2) is 24.3 Å². The Bertz CT molecular complexity index is 542. The third-order valence-electron chi connectivity index (χ3n) is 4.63. The number of hydrogen-bond donors (Lipinski definition) is 2. The summed E-state index contributed by atoms with van der Waals surface area (Å²) in [4.78, 5) is 24.1. The average Bonchev–Trinajstić information content (AvgIpc) is 2.94. The van der Waals surface area contributed by atoms with E-state index >= 15 is 0 Å². The van der Waals surface area contributed by atoms with Gasteiger partial charge in [0.1, 0.15) is 0 Å². The lowest BCUT2D eigenvalue weighted by molar-refractivity contribution is -0.142. The third kappa shape index (κ3) is 4.79. The van der Waals surface area contributed by atoms with Crippen LogP contribution in [-0.2, 0) is 14.3 Å². The van der Waals surface area contributed by atoms with Gasteiger partial charge in [0.15, 0.2) is 0 Å². The van der Waals surface area contributed by atoms with E-state index in [4.69, 9.17) is 10.5 Å². The molecule has 0 aromatic heterocycles. The van der Waals surface area contributed by atoms with Crippen molar-refractivity contribution in [2.45, 2.75) is 44.6 Å². The van der Waals surface area contributed by atoms with E-state index in [1.807, 2.05) is 31.2 Å². The fourth-order valence-corrected chi connectivity index (χ4v) is 3.12. The molecular formula is C18H26N2O3. The van der Waals surface area contributed by atoms with E-state index in [1.165, 1.54) is 7.11 Å². The molecule has 23 heavy (non-hydrogen) atoms. The summed E-state index contributed by atoms with van der Waals surface area (Å²) in [6, 6.07) is 7.82. The lowest BCUT2D eigenvalue weighted by Crippen LogP contribution is -2.35. The number of carbonyl (C=O) groups excluding carboxylic acids is 2. The molecule has 1 amide bonds. The van der Waals surface area contributed by atoms with Crippen LogP contribution in [0.1, 0.15) is 42.7 Å². The number of esters is 1. The largest absolute Gasteiger partial charge is 0.468 e. The summed E-state index contributed by atoms with van der Waals surface area (Å²) in [6.07, 6.45) is 3.52. The van der Waals surface area contributed by atoms with Crippen LogP contribution in [0, 0.1) is 12.8 Å².